The van der Waals surface area contributed by atoms with Gasteiger partial charge < -0.3 is 20.3 Å². The second kappa shape index (κ2) is 6.98. The van der Waals surface area contributed by atoms with Crippen molar-refractivity contribution in [2.24, 2.45) is 5.92 Å². The average Bonchev–Trinajstić information content (AvgIpc) is 2.48. The van der Waals surface area contributed by atoms with E-state index in [2.05, 4.69) is 15.5 Å². The van der Waals surface area contributed by atoms with Crippen molar-refractivity contribution in [2.75, 3.05) is 19.6 Å². The lowest BCUT2D eigenvalue weighted by Gasteiger charge is -2.47. The zero-order chi connectivity index (χ0) is 16.4. The summed E-state index contributed by atoms with van der Waals surface area (Å²) in [6.07, 6.45) is 6.88. The Bertz CT molecular complexity index is 405. The lowest BCUT2D eigenvalue weighted by atomic mass is 9.82. The molecule has 3 aliphatic heterocycles. The van der Waals surface area contributed by atoms with Crippen LogP contribution in [-0.4, -0.2) is 54.4 Å². The highest BCUT2D eigenvalue weighted by Crippen LogP contribution is 2.29. The summed E-state index contributed by atoms with van der Waals surface area (Å²) >= 11 is 0. The van der Waals surface area contributed by atoms with Gasteiger partial charge in [-0.25, -0.2) is 4.79 Å². The largest absolute Gasteiger partial charge is 0.444 e. The summed E-state index contributed by atoms with van der Waals surface area (Å²) in [6, 6.07) is 1.59. The van der Waals surface area contributed by atoms with Gasteiger partial charge in [-0.1, -0.05) is 0 Å². The molecule has 1 atom stereocenters. The number of fused-ring (bicyclic) bond motifs is 3. The molecule has 2 N–H and O–H groups in total. The summed E-state index contributed by atoms with van der Waals surface area (Å²) in [4.78, 5) is 14.5. The fraction of sp³-hybridized carbons (Fsp3) is 0.944. The summed E-state index contributed by atoms with van der Waals surface area (Å²) in [5.41, 5.74) is -0.418. The van der Waals surface area contributed by atoms with Gasteiger partial charge in [-0.3, -0.25) is 0 Å². The lowest BCUT2D eigenvalue weighted by Crippen LogP contribution is -2.58. The van der Waals surface area contributed by atoms with Crippen LogP contribution in [0.4, 0.5) is 4.79 Å². The van der Waals surface area contributed by atoms with Crippen LogP contribution in [0.15, 0.2) is 0 Å². The number of hydrogen-bond donors (Lipinski definition) is 2. The maximum Gasteiger partial charge on any atom is 0.407 e. The monoisotopic (exact) mass is 323 g/mol. The van der Waals surface area contributed by atoms with Gasteiger partial charge in [0.15, 0.2) is 0 Å². The molecule has 0 radical (unpaired) electrons. The molecule has 0 spiro atoms. The Kier molecular flexibility index (Phi) is 5.16. The van der Waals surface area contributed by atoms with Crippen molar-refractivity contribution in [3.05, 3.63) is 0 Å². The Hall–Kier alpha value is -0.810. The molecule has 0 aromatic rings. The van der Waals surface area contributed by atoms with E-state index in [4.69, 9.17) is 4.74 Å². The molecule has 0 aromatic heterocycles. The van der Waals surface area contributed by atoms with Crippen molar-refractivity contribution >= 4 is 6.09 Å². The van der Waals surface area contributed by atoms with Gasteiger partial charge in [-0.05, 0) is 78.3 Å². The van der Waals surface area contributed by atoms with Crippen molar-refractivity contribution in [1.29, 1.82) is 0 Å². The minimum absolute atomic E-state index is 0.272. The first-order valence-corrected chi connectivity index (χ1v) is 9.37. The molecular formula is C18H33N3O2. The molecule has 0 aromatic carbocycles. The minimum Gasteiger partial charge on any atom is -0.444 e. The van der Waals surface area contributed by atoms with Crippen LogP contribution in [0.2, 0.25) is 0 Å². The highest BCUT2D eigenvalue weighted by Gasteiger charge is 2.35. The number of carbonyl (C=O) groups excluding carboxylic acids is 1. The summed E-state index contributed by atoms with van der Waals surface area (Å²) < 4.78 is 5.35. The molecule has 1 amide bonds. The minimum atomic E-state index is -0.418. The molecule has 2 bridgehead atoms. The Balaban J connectivity index is 1.38. The number of rotatable bonds is 3. The van der Waals surface area contributed by atoms with E-state index in [0.717, 1.165) is 31.6 Å². The van der Waals surface area contributed by atoms with E-state index in [0.29, 0.717) is 12.1 Å². The summed E-state index contributed by atoms with van der Waals surface area (Å²) in [5, 5.41) is 6.95. The topological polar surface area (TPSA) is 53.6 Å². The molecule has 4 fully saturated rings. The van der Waals surface area contributed by atoms with Crippen molar-refractivity contribution in [3.63, 3.8) is 0 Å². The lowest BCUT2D eigenvalue weighted by molar-refractivity contribution is 0.0475. The third-order valence-electron chi connectivity index (χ3n) is 5.55. The highest BCUT2D eigenvalue weighted by atomic mass is 16.6. The van der Waals surface area contributed by atoms with Gasteiger partial charge in [0.05, 0.1) is 0 Å². The van der Waals surface area contributed by atoms with Gasteiger partial charge >= 0.3 is 6.09 Å². The van der Waals surface area contributed by atoms with Gasteiger partial charge in [0.2, 0.25) is 0 Å². The molecule has 3 saturated heterocycles. The van der Waals surface area contributed by atoms with Crippen LogP contribution in [0.5, 0.6) is 0 Å². The number of piperidine rings is 3. The Labute approximate surface area is 140 Å². The number of nitrogens with zero attached hydrogens (tertiary/aromatic N) is 1. The van der Waals surface area contributed by atoms with E-state index >= 15 is 0 Å². The van der Waals surface area contributed by atoms with Crippen molar-refractivity contribution < 1.29 is 9.53 Å². The molecule has 5 nitrogen and oxygen atoms in total. The number of amides is 1. The second-order valence-corrected chi connectivity index (χ2v) is 8.61. The van der Waals surface area contributed by atoms with Crippen molar-refractivity contribution in [3.8, 4) is 0 Å². The maximum absolute atomic E-state index is 11.9. The molecule has 1 aliphatic carbocycles. The Morgan fingerprint density at radius 3 is 2.13 bits per heavy atom. The normalized spacial score (nSPS) is 37.4. The second-order valence-electron chi connectivity index (χ2n) is 8.61. The van der Waals surface area contributed by atoms with E-state index in [1.165, 1.54) is 32.5 Å². The summed E-state index contributed by atoms with van der Waals surface area (Å²) in [6.45, 7) is 9.55. The molecule has 4 aliphatic rings. The smallest absolute Gasteiger partial charge is 0.407 e. The van der Waals surface area contributed by atoms with Gasteiger partial charge in [0, 0.05) is 24.7 Å². The molecule has 1 saturated carbocycles. The van der Waals surface area contributed by atoms with Gasteiger partial charge in [0.25, 0.3) is 0 Å². The maximum atomic E-state index is 11.9. The average molecular weight is 323 g/mol. The Morgan fingerprint density at radius 1 is 1.00 bits per heavy atom. The van der Waals surface area contributed by atoms with E-state index in [-0.39, 0.29) is 12.1 Å². The van der Waals surface area contributed by atoms with Crippen LogP contribution in [0, 0.1) is 5.92 Å². The van der Waals surface area contributed by atoms with Crippen LogP contribution in [-0.2, 0) is 4.74 Å². The molecule has 23 heavy (non-hydrogen) atoms. The molecule has 3 heterocycles. The quantitative estimate of drug-likeness (QED) is 0.838. The SMILES string of the molecule is CC(C)(C)OC(=O)NC1CCC(NC2CN3CCC2CC3)CC1. The van der Waals surface area contributed by atoms with Crippen LogP contribution >= 0.6 is 0 Å². The fourth-order valence-corrected chi connectivity index (χ4v) is 4.34. The molecule has 132 valence electrons. The van der Waals surface area contributed by atoms with Crippen molar-refractivity contribution in [2.45, 2.75) is 83.0 Å². The highest BCUT2D eigenvalue weighted by molar-refractivity contribution is 5.68. The first-order chi connectivity index (χ1) is 10.9. The fourth-order valence-electron chi connectivity index (χ4n) is 4.34. The van der Waals surface area contributed by atoms with E-state index in [1.54, 1.807) is 0 Å². The number of hydrogen-bond acceptors (Lipinski definition) is 4. The van der Waals surface area contributed by atoms with Crippen LogP contribution in [0.25, 0.3) is 0 Å². The van der Waals surface area contributed by atoms with E-state index in [1.807, 2.05) is 20.8 Å². The van der Waals surface area contributed by atoms with Crippen molar-refractivity contribution in [1.82, 2.24) is 15.5 Å². The molecule has 5 heteroatoms. The predicted octanol–water partition coefficient (Wildman–Crippen LogP) is 2.51. The predicted molar refractivity (Wildman–Crippen MR) is 91.5 cm³/mol. The van der Waals surface area contributed by atoms with Crippen LogP contribution < -0.4 is 10.6 Å². The standard InChI is InChI=1S/C18H33N3O2/c1-18(2,3)23-17(22)20-15-6-4-14(5-7-15)19-16-12-21-10-8-13(16)9-11-21/h13-16,19H,4-12H2,1-3H3,(H,20,22). The zero-order valence-electron chi connectivity index (χ0n) is 14.9. The Morgan fingerprint density at radius 2 is 1.61 bits per heavy atom. The number of nitrogens with one attached hydrogen (secondary N) is 2. The third-order valence-corrected chi connectivity index (χ3v) is 5.55. The molecular weight excluding hydrogens is 290 g/mol. The zero-order valence-corrected chi connectivity index (χ0v) is 14.9. The van der Waals surface area contributed by atoms with Crippen LogP contribution in [0.3, 0.4) is 0 Å². The van der Waals surface area contributed by atoms with Crippen LogP contribution in [0.1, 0.15) is 59.3 Å². The van der Waals surface area contributed by atoms with E-state index < -0.39 is 5.60 Å². The summed E-state index contributed by atoms with van der Waals surface area (Å²) in [7, 11) is 0. The van der Waals surface area contributed by atoms with E-state index in [9.17, 15) is 4.79 Å². The molecule has 4 rings (SSSR count). The molecule has 1 unspecified atom stereocenters. The van der Waals surface area contributed by atoms with Gasteiger partial charge in [0.1, 0.15) is 5.60 Å². The van der Waals surface area contributed by atoms with Gasteiger partial charge in [-0.15, -0.1) is 0 Å². The first kappa shape index (κ1) is 17.0. The van der Waals surface area contributed by atoms with Gasteiger partial charge in [-0.2, -0.15) is 0 Å². The number of alkyl carbamates (subject to hydrolysis) is 1. The summed E-state index contributed by atoms with van der Waals surface area (Å²) in [5.74, 6) is 0.887. The first-order valence-electron chi connectivity index (χ1n) is 9.37. The third kappa shape index (κ3) is 4.83. The number of carbonyl (C=O) groups is 1. The number of ether oxygens (including phenoxy) is 1.